The van der Waals surface area contributed by atoms with Gasteiger partial charge in [-0.15, -0.1) is 0 Å². The fraction of sp³-hybridized carbons (Fsp3) is 0.133. The van der Waals surface area contributed by atoms with Crippen LogP contribution in [0.1, 0.15) is 16.7 Å². The number of nitrogens with one attached hydrogen (secondary N) is 1. The summed E-state index contributed by atoms with van der Waals surface area (Å²) in [5.41, 5.74) is 8.29. The molecule has 0 aliphatic heterocycles. The van der Waals surface area contributed by atoms with Gasteiger partial charge in [-0.05, 0) is 18.6 Å². The van der Waals surface area contributed by atoms with Crippen molar-refractivity contribution in [3.05, 3.63) is 65.2 Å². The Bertz CT molecular complexity index is 564. The van der Waals surface area contributed by atoms with E-state index in [-0.39, 0.29) is 5.84 Å². The molecule has 0 radical (unpaired) electrons. The van der Waals surface area contributed by atoms with Crippen molar-refractivity contribution in [1.82, 2.24) is 0 Å². The summed E-state index contributed by atoms with van der Waals surface area (Å²) in [5.74, 6) is 0.926. The number of hydrogen-bond acceptors (Lipinski definition) is 2. The maximum absolute atomic E-state index is 7.52. The molecule has 0 saturated heterocycles. The SMILES string of the molecule is Cc1ccccc1OCc1ccccc1C(=N)N. The van der Waals surface area contributed by atoms with E-state index in [0.717, 1.165) is 22.4 Å². The van der Waals surface area contributed by atoms with Crippen molar-refractivity contribution in [1.29, 1.82) is 5.41 Å². The standard InChI is InChI=1S/C15H16N2O/c1-11-6-2-5-9-14(11)18-10-12-7-3-4-8-13(12)15(16)17/h2-9H,10H2,1H3,(H3,16,17). The minimum Gasteiger partial charge on any atom is -0.489 e. The molecule has 0 amide bonds. The fourth-order valence-electron chi connectivity index (χ4n) is 1.78. The maximum atomic E-state index is 7.52. The van der Waals surface area contributed by atoms with E-state index < -0.39 is 0 Å². The minimum absolute atomic E-state index is 0.0685. The number of amidine groups is 1. The smallest absolute Gasteiger partial charge is 0.123 e. The van der Waals surface area contributed by atoms with E-state index in [4.69, 9.17) is 15.9 Å². The Hall–Kier alpha value is -2.29. The predicted octanol–water partition coefficient (Wildman–Crippen LogP) is 2.86. The lowest BCUT2D eigenvalue weighted by Crippen LogP contribution is -2.14. The van der Waals surface area contributed by atoms with E-state index in [1.54, 1.807) is 0 Å². The Balaban J connectivity index is 2.16. The van der Waals surface area contributed by atoms with Crippen molar-refractivity contribution in [3.8, 4) is 5.75 Å². The molecule has 18 heavy (non-hydrogen) atoms. The Morgan fingerprint density at radius 1 is 1.11 bits per heavy atom. The largest absolute Gasteiger partial charge is 0.489 e. The third-order valence-corrected chi connectivity index (χ3v) is 2.78. The van der Waals surface area contributed by atoms with Crippen molar-refractivity contribution in [2.24, 2.45) is 5.73 Å². The summed E-state index contributed by atoms with van der Waals surface area (Å²) in [6.07, 6.45) is 0. The van der Waals surface area contributed by atoms with Gasteiger partial charge in [-0.3, -0.25) is 5.41 Å². The molecule has 3 N–H and O–H groups in total. The van der Waals surface area contributed by atoms with Gasteiger partial charge in [0.1, 0.15) is 18.2 Å². The van der Waals surface area contributed by atoms with Gasteiger partial charge in [-0.1, -0.05) is 42.5 Å². The summed E-state index contributed by atoms with van der Waals surface area (Å²) in [5, 5.41) is 7.52. The van der Waals surface area contributed by atoms with Crippen LogP contribution in [0.15, 0.2) is 48.5 Å². The second-order valence-electron chi connectivity index (χ2n) is 4.12. The van der Waals surface area contributed by atoms with E-state index in [1.807, 2.05) is 55.5 Å². The Kier molecular flexibility index (Phi) is 3.63. The van der Waals surface area contributed by atoms with Crippen LogP contribution in [0.4, 0.5) is 0 Å². The average molecular weight is 240 g/mol. The highest BCUT2D eigenvalue weighted by Gasteiger charge is 2.05. The average Bonchev–Trinajstić information content (AvgIpc) is 2.38. The second-order valence-corrected chi connectivity index (χ2v) is 4.12. The molecule has 92 valence electrons. The molecule has 2 rings (SSSR count). The summed E-state index contributed by atoms with van der Waals surface area (Å²) in [6, 6.07) is 15.4. The molecule has 0 unspecified atom stereocenters. The highest BCUT2D eigenvalue weighted by atomic mass is 16.5. The zero-order valence-electron chi connectivity index (χ0n) is 10.3. The quantitative estimate of drug-likeness (QED) is 0.637. The van der Waals surface area contributed by atoms with Gasteiger partial charge in [0.25, 0.3) is 0 Å². The van der Waals surface area contributed by atoms with Gasteiger partial charge in [-0.25, -0.2) is 0 Å². The van der Waals surface area contributed by atoms with Crippen LogP contribution in [0.5, 0.6) is 5.75 Å². The van der Waals surface area contributed by atoms with Gasteiger partial charge < -0.3 is 10.5 Å². The molecule has 0 heterocycles. The van der Waals surface area contributed by atoms with E-state index in [9.17, 15) is 0 Å². The van der Waals surface area contributed by atoms with Crippen LogP contribution in [-0.2, 0) is 6.61 Å². The monoisotopic (exact) mass is 240 g/mol. The molecule has 2 aromatic rings. The van der Waals surface area contributed by atoms with E-state index in [0.29, 0.717) is 6.61 Å². The maximum Gasteiger partial charge on any atom is 0.123 e. The number of aryl methyl sites for hydroxylation is 1. The molecule has 0 fully saturated rings. The van der Waals surface area contributed by atoms with E-state index >= 15 is 0 Å². The number of para-hydroxylation sites is 1. The number of benzene rings is 2. The number of hydrogen-bond donors (Lipinski definition) is 2. The zero-order chi connectivity index (χ0) is 13.0. The lowest BCUT2D eigenvalue weighted by Gasteiger charge is -2.11. The minimum atomic E-state index is 0.0685. The summed E-state index contributed by atoms with van der Waals surface area (Å²) < 4.78 is 5.76. The Labute approximate surface area is 107 Å². The second kappa shape index (κ2) is 5.36. The van der Waals surface area contributed by atoms with Crippen LogP contribution in [-0.4, -0.2) is 5.84 Å². The third kappa shape index (κ3) is 2.69. The van der Waals surface area contributed by atoms with Gasteiger partial charge >= 0.3 is 0 Å². The van der Waals surface area contributed by atoms with Gasteiger partial charge in [-0.2, -0.15) is 0 Å². The van der Waals surface area contributed by atoms with Crippen LogP contribution in [0.25, 0.3) is 0 Å². The predicted molar refractivity (Wildman–Crippen MR) is 73.0 cm³/mol. The Morgan fingerprint density at radius 2 is 1.78 bits per heavy atom. The molecular weight excluding hydrogens is 224 g/mol. The van der Waals surface area contributed by atoms with Crippen molar-refractivity contribution in [2.45, 2.75) is 13.5 Å². The van der Waals surface area contributed by atoms with Crippen molar-refractivity contribution < 1.29 is 4.74 Å². The first-order valence-electron chi connectivity index (χ1n) is 5.79. The van der Waals surface area contributed by atoms with Crippen molar-refractivity contribution in [3.63, 3.8) is 0 Å². The van der Waals surface area contributed by atoms with Gasteiger partial charge in [0.05, 0.1) is 0 Å². The van der Waals surface area contributed by atoms with Crippen LogP contribution < -0.4 is 10.5 Å². The number of rotatable bonds is 4. The Morgan fingerprint density at radius 3 is 2.50 bits per heavy atom. The first kappa shape index (κ1) is 12.2. The molecule has 0 bridgehead atoms. The molecule has 3 nitrogen and oxygen atoms in total. The van der Waals surface area contributed by atoms with E-state index in [2.05, 4.69) is 0 Å². The zero-order valence-corrected chi connectivity index (χ0v) is 10.3. The highest BCUT2D eigenvalue weighted by Crippen LogP contribution is 2.18. The van der Waals surface area contributed by atoms with Gasteiger partial charge in [0, 0.05) is 11.1 Å². The summed E-state index contributed by atoms with van der Waals surface area (Å²) in [6.45, 7) is 2.42. The number of nitrogens with two attached hydrogens (primary N) is 1. The molecule has 0 spiro atoms. The lowest BCUT2D eigenvalue weighted by atomic mass is 10.1. The van der Waals surface area contributed by atoms with Crippen LogP contribution in [0, 0.1) is 12.3 Å². The lowest BCUT2D eigenvalue weighted by molar-refractivity contribution is 0.304. The number of ether oxygens (including phenoxy) is 1. The molecule has 0 atom stereocenters. The molecule has 0 aromatic heterocycles. The molecule has 0 saturated carbocycles. The molecule has 3 heteroatoms. The van der Waals surface area contributed by atoms with Crippen LogP contribution in [0.3, 0.4) is 0 Å². The highest BCUT2D eigenvalue weighted by molar-refractivity contribution is 5.96. The topological polar surface area (TPSA) is 59.1 Å². The molecular formula is C15H16N2O. The van der Waals surface area contributed by atoms with Crippen LogP contribution >= 0.6 is 0 Å². The summed E-state index contributed by atoms with van der Waals surface area (Å²) in [7, 11) is 0. The van der Waals surface area contributed by atoms with Crippen LogP contribution in [0.2, 0.25) is 0 Å². The number of nitrogen functional groups attached to an aromatic ring is 1. The molecule has 2 aromatic carbocycles. The molecule has 0 aliphatic rings. The first-order chi connectivity index (χ1) is 8.68. The van der Waals surface area contributed by atoms with Crippen molar-refractivity contribution in [2.75, 3.05) is 0 Å². The third-order valence-electron chi connectivity index (χ3n) is 2.78. The first-order valence-corrected chi connectivity index (χ1v) is 5.79. The fourth-order valence-corrected chi connectivity index (χ4v) is 1.78. The summed E-state index contributed by atoms with van der Waals surface area (Å²) >= 11 is 0. The van der Waals surface area contributed by atoms with Crippen molar-refractivity contribution >= 4 is 5.84 Å². The van der Waals surface area contributed by atoms with Gasteiger partial charge in [0.15, 0.2) is 0 Å². The molecule has 0 aliphatic carbocycles. The van der Waals surface area contributed by atoms with Gasteiger partial charge in [0.2, 0.25) is 0 Å². The normalized spacial score (nSPS) is 10.1. The summed E-state index contributed by atoms with van der Waals surface area (Å²) in [4.78, 5) is 0. The van der Waals surface area contributed by atoms with E-state index in [1.165, 1.54) is 0 Å².